The Morgan fingerprint density at radius 2 is 1.66 bits per heavy atom. The van der Waals surface area contributed by atoms with Gasteiger partial charge in [0, 0.05) is 24.3 Å². The topological polar surface area (TPSA) is 67.4 Å². The van der Waals surface area contributed by atoms with Gasteiger partial charge in [-0.1, -0.05) is 43.5 Å². The summed E-state index contributed by atoms with van der Waals surface area (Å²) in [5, 5.41) is 6.16. The maximum absolute atomic E-state index is 12.1. The highest BCUT2D eigenvalue weighted by Crippen LogP contribution is 2.33. The quantitative estimate of drug-likeness (QED) is 0.640. The first kappa shape index (κ1) is 20.9. The molecule has 0 radical (unpaired) electrons. The molecule has 0 aliphatic heterocycles. The van der Waals surface area contributed by atoms with Gasteiger partial charge in [-0.25, -0.2) is 0 Å². The van der Waals surface area contributed by atoms with E-state index in [9.17, 15) is 9.59 Å². The Labute approximate surface area is 172 Å². The standard InChI is InChI=1S/C24H30N2O3/c1-29-23(27)15-16-25-24(28)21-9-7-18(8-10-21)17-26-22-13-11-20(12-14-22)19-5-3-2-4-6-19/h7-14,19,26H,2-6,15-17H2,1H3,(H,25,28). The molecule has 29 heavy (non-hydrogen) atoms. The number of amides is 1. The van der Waals surface area contributed by atoms with Crippen LogP contribution in [0.2, 0.25) is 0 Å². The number of methoxy groups -OCH3 is 1. The van der Waals surface area contributed by atoms with Crippen LogP contribution in [0.3, 0.4) is 0 Å². The highest BCUT2D eigenvalue weighted by Gasteiger charge is 2.15. The number of carbonyl (C=O) groups excluding carboxylic acids is 2. The average Bonchev–Trinajstić information content (AvgIpc) is 2.78. The second-order valence-corrected chi connectivity index (χ2v) is 7.59. The minimum absolute atomic E-state index is 0.170. The zero-order valence-electron chi connectivity index (χ0n) is 17.1. The molecule has 0 unspecified atom stereocenters. The molecule has 3 rings (SSSR count). The largest absolute Gasteiger partial charge is 0.469 e. The van der Waals surface area contributed by atoms with Gasteiger partial charge in [0.25, 0.3) is 5.91 Å². The van der Waals surface area contributed by atoms with Crippen LogP contribution in [-0.2, 0) is 16.1 Å². The minimum atomic E-state index is -0.335. The normalized spacial score (nSPS) is 14.2. The van der Waals surface area contributed by atoms with Crippen LogP contribution >= 0.6 is 0 Å². The summed E-state index contributed by atoms with van der Waals surface area (Å²) in [5.74, 6) is 0.203. The highest BCUT2D eigenvalue weighted by molar-refractivity contribution is 5.94. The van der Waals surface area contributed by atoms with E-state index in [1.54, 1.807) is 12.1 Å². The molecule has 5 heteroatoms. The summed E-state index contributed by atoms with van der Waals surface area (Å²) in [5.41, 5.74) is 4.25. The average molecular weight is 395 g/mol. The van der Waals surface area contributed by atoms with Crippen LogP contribution in [0.25, 0.3) is 0 Å². The molecule has 1 aliphatic carbocycles. The number of hydrogen-bond donors (Lipinski definition) is 2. The lowest BCUT2D eigenvalue weighted by Gasteiger charge is -2.22. The maximum Gasteiger partial charge on any atom is 0.307 e. The van der Waals surface area contributed by atoms with Crippen LogP contribution < -0.4 is 10.6 Å². The molecular formula is C24H30N2O3. The van der Waals surface area contributed by atoms with Crippen molar-refractivity contribution in [2.75, 3.05) is 19.0 Å². The minimum Gasteiger partial charge on any atom is -0.469 e. The number of esters is 1. The lowest BCUT2D eigenvalue weighted by Crippen LogP contribution is -2.26. The first-order valence-corrected chi connectivity index (χ1v) is 10.4. The van der Waals surface area contributed by atoms with Gasteiger partial charge in [-0.15, -0.1) is 0 Å². The van der Waals surface area contributed by atoms with Crippen molar-refractivity contribution in [2.24, 2.45) is 0 Å². The predicted octanol–water partition coefficient (Wildman–Crippen LogP) is 4.64. The second-order valence-electron chi connectivity index (χ2n) is 7.59. The maximum atomic E-state index is 12.1. The van der Waals surface area contributed by atoms with Crippen LogP contribution in [0.5, 0.6) is 0 Å². The van der Waals surface area contributed by atoms with Gasteiger partial charge < -0.3 is 15.4 Å². The van der Waals surface area contributed by atoms with E-state index in [-0.39, 0.29) is 24.8 Å². The third-order valence-electron chi connectivity index (χ3n) is 5.54. The monoisotopic (exact) mass is 394 g/mol. The summed E-state index contributed by atoms with van der Waals surface area (Å²) in [6.45, 7) is 0.971. The molecule has 154 valence electrons. The smallest absolute Gasteiger partial charge is 0.307 e. The van der Waals surface area contributed by atoms with Gasteiger partial charge in [0.2, 0.25) is 0 Å². The van der Waals surface area contributed by atoms with Gasteiger partial charge in [0.1, 0.15) is 0 Å². The molecule has 0 saturated heterocycles. The summed E-state index contributed by atoms with van der Waals surface area (Å²) < 4.78 is 4.56. The Bertz CT molecular complexity index is 794. The Morgan fingerprint density at radius 3 is 2.31 bits per heavy atom. The van der Waals surface area contributed by atoms with Gasteiger partial charge in [-0.3, -0.25) is 9.59 Å². The molecule has 1 aliphatic rings. The van der Waals surface area contributed by atoms with Gasteiger partial charge >= 0.3 is 5.97 Å². The molecule has 0 heterocycles. The molecule has 0 spiro atoms. The lowest BCUT2D eigenvalue weighted by atomic mass is 9.84. The van der Waals surface area contributed by atoms with Crippen molar-refractivity contribution < 1.29 is 14.3 Å². The Balaban J connectivity index is 1.46. The number of rotatable bonds is 8. The van der Waals surface area contributed by atoms with Crippen LogP contribution in [-0.4, -0.2) is 25.5 Å². The van der Waals surface area contributed by atoms with Crippen LogP contribution in [0.15, 0.2) is 48.5 Å². The fourth-order valence-electron chi connectivity index (χ4n) is 3.77. The number of carbonyl (C=O) groups is 2. The summed E-state index contributed by atoms with van der Waals surface area (Å²) >= 11 is 0. The fourth-order valence-corrected chi connectivity index (χ4v) is 3.77. The van der Waals surface area contributed by atoms with Crippen LogP contribution in [0.4, 0.5) is 5.69 Å². The molecule has 1 saturated carbocycles. The Morgan fingerprint density at radius 1 is 0.966 bits per heavy atom. The van der Waals surface area contributed by atoms with E-state index in [2.05, 4.69) is 39.6 Å². The van der Waals surface area contributed by atoms with E-state index >= 15 is 0 Å². The van der Waals surface area contributed by atoms with E-state index in [0.29, 0.717) is 12.1 Å². The lowest BCUT2D eigenvalue weighted by molar-refractivity contribution is -0.140. The number of anilines is 1. The van der Waals surface area contributed by atoms with Crippen molar-refractivity contribution in [1.82, 2.24) is 5.32 Å². The zero-order chi connectivity index (χ0) is 20.5. The molecule has 1 amide bonds. The summed E-state index contributed by atoms with van der Waals surface area (Å²) in [7, 11) is 1.34. The van der Waals surface area contributed by atoms with E-state index in [4.69, 9.17) is 0 Å². The molecule has 2 aromatic rings. The molecule has 2 N–H and O–H groups in total. The molecule has 2 aromatic carbocycles. The Kier molecular flexibility index (Phi) is 7.68. The number of ether oxygens (including phenoxy) is 1. The first-order valence-electron chi connectivity index (χ1n) is 10.4. The number of benzene rings is 2. The summed E-state index contributed by atoms with van der Waals surface area (Å²) in [4.78, 5) is 23.2. The second kappa shape index (κ2) is 10.6. The fraction of sp³-hybridized carbons (Fsp3) is 0.417. The molecule has 0 aromatic heterocycles. The van der Waals surface area contributed by atoms with Crippen molar-refractivity contribution in [3.05, 3.63) is 65.2 Å². The number of hydrogen-bond acceptors (Lipinski definition) is 4. The van der Waals surface area contributed by atoms with Gasteiger partial charge in [-0.2, -0.15) is 0 Å². The summed E-state index contributed by atoms with van der Waals surface area (Å²) in [6.07, 6.45) is 6.88. The predicted molar refractivity (Wildman–Crippen MR) is 115 cm³/mol. The van der Waals surface area contributed by atoms with Crippen molar-refractivity contribution in [3.63, 3.8) is 0 Å². The van der Waals surface area contributed by atoms with Crippen molar-refractivity contribution >= 4 is 17.6 Å². The van der Waals surface area contributed by atoms with E-state index in [1.165, 1.54) is 44.8 Å². The molecule has 5 nitrogen and oxygen atoms in total. The van der Waals surface area contributed by atoms with E-state index in [1.807, 2.05) is 12.1 Å². The molecular weight excluding hydrogens is 364 g/mol. The van der Waals surface area contributed by atoms with Crippen molar-refractivity contribution in [1.29, 1.82) is 0 Å². The molecule has 0 atom stereocenters. The third kappa shape index (κ3) is 6.34. The number of nitrogens with one attached hydrogen (secondary N) is 2. The SMILES string of the molecule is COC(=O)CCNC(=O)c1ccc(CNc2ccc(C3CCCCC3)cc2)cc1. The van der Waals surface area contributed by atoms with Gasteiger partial charge in [0.15, 0.2) is 0 Å². The van der Waals surface area contributed by atoms with Crippen LogP contribution in [0.1, 0.15) is 65.9 Å². The van der Waals surface area contributed by atoms with Gasteiger partial charge in [0.05, 0.1) is 13.5 Å². The first-order chi connectivity index (χ1) is 14.2. The van der Waals surface area contributed by atoms with Crippen LogP contribution in [0, 0.1) is 0 Å². The molecule has 0 bridgehead atoms. The van der Waals surface area contributed by atoms with E-state index < -0.39 is 0 Å². The molecule has 1 fully saturated rings. The third-order valence-corrected chi connectivity index (χ3v) is 5.54. The van der Waals surface area contributed by atoms with Crippen molar-refractivity contribution in [3.8, 4) is 0 Å². The van der Waals surface area contributed by atoms with Gasteiger partial charge in [-0.05, 0) is 54.2 Å². The highest BCUT2D eigenvalue weighted by atomic mass is 16.5. The van der Waals surface area contributed by atoms with Crippen molar-refractivity contribution in [2.45, 2.75) is 51.0 Å². The van der Waals surface area contributed by atoms with E-state index in [0.717, 1.165) is 17.2 Å². The Hall–Kier alpha value is -2.82. The summed E-state index contributed by atoms with van der Waals surface area (Å²) in [6, 6.07) is 16.3. The zero-order valence-corrected chi connectivity index (χ0v) is 17.1.